The summed E-state index contributed by atoms with van der Waals surface area (Å²) < 4.78 is 25.5. The summed E-state index contributed by atoms with van der Waals surface area (Å²) in [5, 5.41) is -0.470. The molecule has 4 nitrogen and oxygen atoms in total. The van der Waals surface area contributed by atoms with Crippen molar-refractivity contribution in [1.29, 1.82) is 0 Å². The fraction of sp³-hybridized carbons (Fsp3) is 0.900. The molecule has 0 spiro atoms. The standard InChI is InChI=1S/C10H18ClNO3S/c1-9-5-2-3-7-12(9)16(14,15)8-4-6-10(11)13/h9H,2-8H2,1H3. The van der Waals surface area contributed by atoms with E-state index in [0.29, 0.717) is 13.0 Å². The molecule has 0 bridgehead atoms. The van der Waals surface area contributed by atoms with E-state index >= 15 is 0 Å². The van der Waals surface area contributed by atoms with Crippen LogP contribution in [-0.2, 0) is 14.8 Å². The minimum absolute atomic E-state index is 0.0236. The van der Waals surface area contributed by atoms with Crippen molar-refractivity contribution < 1.29 is 13.2 Å². The second-order valence-electron chi connectivity index (χ2n) is 4.23. The van der Waals surface area contributed by atoms with Gasteiger partial charge in [-0.2, -0.15) is 4.31 Å². The van der Waals surface area contributed by atoms with Crippen LogP contribution >= 0.6 is 11.6 Å². The summed E-state index contributed by atoms with van der Waals surface area (Å²) in [4.78, 5) is 10.5. The Labute approximate surface area is 102 Å². The molecule has 1 unspecified atom stereocenters. The average molecular weight is 268 g/mol. The van der Waals surface area contributed by atoms with Crippen LogP contribution in [-0.4, -0.2) is 36.3 Å². The minimum atomic E-state index is -3.21. The van der Waals surface area contributed by atoms with Gasteiger partial charge in [-0.1, -0.05) is 6.42 Å². The van der Waals surface area contributed by atoms with E-state index < -0.39 is 15.3 Å². The van der Waals surface area contributed by atoms with Crippen LogP contribution in [0.2, 0.25) is 0 Å². The molecule has 0 aromatic heterocycles. The minimum Gasteiger partial charge on any atom is -0.281 e. The molecule has 0 amide bonds. The molecule has 1 fully saturated rings. The van der Waals surface area contributed by atoms with Crippen molar-refractivity contribution in [3.05, 3.63) is 0 Å². The molecule has 1 heterocycles. The number of rotatable bonds is 5. The third kappa shape index (κ3) is 4.03. The lowest BCUT2D eigenvalue weighted by atomic mass is 10.1. The summed E-state index contributed by atoms with van der Waals surface area (Å²) in [6.07, 6.45) is 3.38. The van der Waals surface area contributed by atoms with Gasteiger partial charge in [-0.15, -0.1) is 0 Å². The van der Waals surface area contributed by atoms with Crippen LogP contribution in [0.5, 0.6) is 0 Å². The van der Waals surface area contributed by atoms with Crippen LogP contribution in [0.1, 0.15) is 39.0 Å². The van der Waals surface area contributed by atoms with E-state index in [0.717, 1.165) is 19.3 Å². The second kappa shape index (κ2) is 5.98. The zero-order valence-corrected chi connectivity index (χ0v) is 11.1. The summed E-state index contributed by atoms with van der Waals surface area (Å²) in [5.41, 5.74) is 0. The summed E-state index contributed by atoms with van der Waals surface area (Å²) in [6.45, 7) is 2.54. The van der Waals surface area contributed by atoms with Crippen molar-refractivity contribution in [2.45, 2.75) is 45.1 Å². The molecule has 1 rings (SSSR count). The SMILES string of the molecule is CC1CCCCN1S(=O)(=O)CCCC(=O)Cl. The number of hydrogen-bond donors (Lipinski definition) is 0. The summed E-state index contributed by atoms with van der Waals surface area (Å²) in [7, 11) is -3.21. The number of hydrogen-bond acceptors (Lipinski definition) is 3. The van der Waals surface area contributed by atoms with Crippen molar-refractivity contribution in [3.63, 3.8) is 0 Å². The Morgan fingerprint density at radius 2 is 2.12 bits per heavy atom. The van der Waals surface area contributed by atoms with Crippen LogP contribution in [0.25, 0.3) is 0 Å². The van der Waals surface area contributed by atoms with Crippen molar-refractivity contribution in [2.24, 2.45) is 0 Å². The van der Waals surface area contributed by atoms with E-state index in [1.54, 1.807) is 4.31 Å². The lowest BCUT2D eigenvalue weighted by Crippen LogP contribution is -2.43. The molecule has 0 radical (unpaired) electrons. The smallest absolute Gasteiger partial charge is 0.221 e. The summed E-state index contributed by atoms with van der Waals surface area (Å²) >= 11 is 5.17. The first kappa shape index (κ1) is 13.9. The van der Waals surface area contributed by atoms with E-state index in [-0.39, 0.29) is 18.2 Å². The Balaban J connectivity index is 2.51. The molecule has 1 aliphatic rings. The van der Waals surface area contributed by atoms with Gasteiger partial charge in [0.25, 0.3) is 0 Å². The Kier molecular flexibility index (Phi) is 5.21. The number of nitrogens with zero attached hydrogens (tertiary/aromatic N) is 1. The van der Waals surface area contributed by atoms with Crippen LogP contribution in [0.4, 0.5) is 0 Å². The summed E-state index contributed by atoms with van der Waals surface area (Å²) in [5.74, 6) is 0.0236. The normalized spacial score (nSPS) is 23.2. The summed E-state index contributed by atoms with van der Waals surface area (Å²) in [6, 6.07) is 0.0884. The maximum absolute atomic E-state index is 11.9. The van der Waals surface area contributed by atoms with Crippen molar-refractivity contribution in [3.8, 4) is 0 Å². The van der Waals surface area contributed by atoms with Crippen molar-refractivity contribution in [1.82, 2.24) is 4.31 Å². The maximum Gasteiger partial charge on any atom is 0.221 e. The molecule has 0 saturated carbocycles. The zero-order chi connectivity index (χ0) is 12.2. The van der Waals surface area contributed by atoms with Gasteiger partial charge in [-0.3, -0.25) is 4.79 Å². The van der Waals surface area contributed by atoms with Gasteiger partial charge in [0.15, 0.2) is 0 Å². The van der Waals surface area contributed by atoms with Crippen LogP contribution in [0, 0.1) is 0 Å². The number of carbonyl (C=O) groups excluding carboxylic acids is 1. The molecule has 0 N–H and O–H groups in total. The lowest BCUT2D eigenvalue weighted by molar-refractivity contribution is -0.111. The quantitative estimate of drug-likeness (QED) is 0.713. The topological polar surface area (TPSA) is 54.5 Å². The van der Waals surface area contributed by atoms with Gasteiger partial charge >= 0.3 is 0 Å². The fourth-order valence-electron chi connectivity index (χ4n) is 2.00. The molecule has 0 aromatic rings. The number of piperidine rings is 1. The molecular weight excluding hydrogens is 250 g/mol. The molecule has 1 atom stereocenters. The number of sulfonamides is 1. The molecule has 0 aromatic carbocycles. The highest BCUT2D eigenvalue weighted by Crippen LogP contribution is 2.20. The third-order valence-corrected chi connectivity index (χ3v) is 5.13. The Morgan fingerprint density at radius 1 is 1.44 bits per heavy atom. The van der Waals surface area contributed by atoms with Crippen LogP contribution in [0.3, 0.4) is 0 Å². The Morgan fingerprint density at radius 3 is 2.69 bits per heavy atom. The molecule has 94 valence electrons. The molecule has 0 aliphatic carbocycles. The van der Waals surface area contributed by atoms with Gasteiger partial charge in [0.1, 0.15) is 0 Å². The van der Waals surface area contributed by atoms with Gasteiger partial charge < -0.3 is 0 Å². The first-order valence-electron chi connectivity index (χ1n) is 5.61. The van der Waals surface area contributed by atoms with Crippen LogP contribution < -0.4 is 0 Å². The predicted molar refractivity (Wildman–Crippen MR) is 63.9 cm³/mol. The molecule has 6 heteroatoms. The van der Waals surface area contributed by atoms with Gasteiger partial charge in [0.05, 0.1) is 5.75 Å². The van der Waals surface area contributed by atoms with E-state index in [4.69, 9.17) is 11.6 Å². The molecule has 1 saturated heterocycles. The number of halogens is 1. The lowest BCUT2D eigenvalue weighted by Gasteiger charge is -2.32. The van der Waals surface area contributed by atoms with Gasteiger partial charge in [0.2, 0.25) is 15.3 Å². The molecule has 1 aliphatic heterocycles. The van der Waals surface area contributed by atoms with E-state index in [1.807, 2.05) is 6.92 Å². The highest BCUT2D eigenvalue weighted by atomic mass is 35.5. The maximum atomic E-state index is 11.9. The second-order valence-corrected chi connectivity index (χ2v) is 6.69. The van der Waals surface area contributed by atoms with Gasteiger partial charge in [-0.25, -0.2) is 8.42 Å². The van der Waals surface area contributed by atoms with E-state index in [2.05, 4.69) is 0 Å². The van der Waals surface area contributed by atoms with Gasteiger partial charge in [0, 0.05) is 19.0 Å². The average Bonchev–Trinajstić information content (AvgIpc) is 2.17. The third-order valence-electron chi connectivity index (χ3n) is 2.87. The van der Waals surface area contributed by atoms with Crippen molar-refractivity contribution >= 4 is 26.9 Å². The molecule has 16 heavy (non-hydrogen) atoms. The van der Waals surface area contributed by atoms with Crippen LogP contribution in [0.15, 0.2) is 0 Å². The van der Waals surface area contributed by atoms with Crippen molar-refractivity contribution in [2.75, 3.05) is 12.3 Å². The van der Waals surface area contributed by atoms with E-state index in [9.17, 15) is 13.2 Å². The first-order chi connectivity index (χ1) is 7.43. The number of carbonyl (C=O) groups is 1. The van der Waals surface area contributed by atoms with Gasteiger partial charge in [-0.05, 0) is 37.8 Å². The largest absolute Gasteiger partial charge is 0.281 e. The monoisotopic (exact) mass is 267 g/mol. The van der Waals surface area contributed by atoms with E-state index in [1.165, 1.54) is 0 Å². The fourth-order valence-corrected chi connectivity index (χ4v) is 3.93. The molecular formula is C10H18ClNO3S. The predicted octanol–water partition coefficient (Wildman–Crippen LogP) is 1.74. The Bertz CT molecular complexity index is 342. The first-order valence-corrected chi connectivity index (χ1v) is 7.60. The Hall–Kier alpha value is -0.130. The zero-order valence-electron chi connectivity index (χ0n) is 9.49. The highest BCUT2D eigenvalue weighted by Gasteiger charge is 2.28. The highest BCUT2D eigenvalue weighted by molar-refractivity contribution is 7.89.